The van der Waals surface area contributed by atoms with Crippen LogP contribution >= 0.6 is 0 Å². The summed E-state index contributed by atoms with van der Waals surface area (Å²) in [4.78, 5) is 22.8. The maximum absolute atomic E-state index is 13.8. The van der Waals surface area contributed by atoms with Crippen LogP contribution in [-0.2, 0) is 4.74 Å². The second-order valence-electron chi connectivity index (χ2n) is 4.78. The monoisotopic (exact) mass is 341 g/mol. The molecule has 0 radical (unpaired) electrons. The Balaban J connectivity index is 2.66. The zero-order valence-corrected chi connectivity index (χ0v) is 12.5. The third kappa shape index (κ3) is 2.94. The summed E-state index contributed by atoms with van der Waals surface area (Å²) in [6.45, 7) is 1.17. The zero-order valence-electron chi connectivity index (χ0n) is 12.5. The predicted molar refractivity (Wildman–Crippen MR) is 77.5 cm³/mol. The number of nitrogens with one attached hydrogen (secondary N) is 1. The lowest BCUT2D eigenvalue weighted by atomic mass is 10.1. The van der Waals surface area contributed by atoms with E-state index in [1.54, 1.807) is 0 Å². The number of rotatable bonds is 4. The lowest BCUT2D eigenvalue weighted by Crippen LogP contribution is -2.11. The minimum Gasteiger partial charge on any atom is -0.465 e. The number of methoxy groups -OCH3 is 1. The van der Waals surface area contributed by atoms with Gasteiger partial charge >= 0.3 is 5.97 Å². The van der Waals surface area contributed by atoms with Gasteiger partial charge in [-0.3, -0.25) is 4.79 Å². The summed E-state index contributed by atoms with van der Waals surface area (Å²) in [6.07, 6.45) is 0.0633. The lowest BCUT2D eigenvalue weighted by Gasteiger charge is -2.16. The molecule has 0 unspecified atom stereocenters. The molecule has 0 aliphatic carbocycles. The molecule has 0 amide bonds. The van der Waals surface area contributed by atoms with Gasteiger partial charge in [-0.15, -0.1) is 0 Å². The summed E-state index contributed by atoms with van der Waals surface area (Å²) in [5, 5.41) is 2.47. The average molecular weight is 341 g/mol. The highest BCUT2D eigenvalue weighted by Gasteiger charge is 2.22. The molecule has 0 atom stereocenters. The first kappa shape index (κ1) is 17.5. The number of benzene rings is 2. The Labute approximate surface area is 134 Å². The van der Waals surface area contributed by atoms with Crippen molar-refractivity contribution in [2.45, 2.75) is 6.92 Å². The van der Waals surface area contributed by atoms with E-state index in [9.17, 15) is 27.2 Å². The van der Waals surface area contributed by atoms with Gasteiger partial charge in [-0.1, -0.05) is 0 Å². The average Bonchev–Trinajstić information content (AvgIpc) is 2.57. The molecular formula is C16H11F4NO3. The number of halogens is 4. The van der Waals surface area contributed by atoms with E-state index in [0.29, 0.717) is 6.07 Å². The largest absolute Gasteiger partial charge is 0.465 e. The molecule has 0 aromatic heterocycles. The number of anilines is 2. The van der Waals surface area contributed by atoms with E-state index in [1.807, 2.05) is 0 Å². The normalized spacial score (nSPS) is 10.4. The predicted octanol–water partition coefficient (Wildman–Crippen LogP) is 3.89. The van der Waals surface area contributed by atoms with Gasteiger partial charge in [0.05, 0.1) is 29.6 Å². The molecule has 1 N–H and O–H groups in total. The van der Waals surface area contributed by atoms with Gasteiger partial charge in [-0.05, 0) is 25.1 Å². The number of esters is 1. The van der Waals surface area contributed by atoms with Crippen LogP contribution in [0.25, 0.3) is 0 Å². The summed E-state index contributed by atoms with van der Waals surface area (Å²) in [7, 11) is 1.04. The summed E-state index contributed by atoms with van der Waals surface area (Å²) in [5.41, 5.74) is -1.76. The Morgan fingerprint density at radius 3 is 2.38 bits per heavy atom. The van der Waals surface area contributed by atoms with E-state index in [0.717, 1.165) is 19.2 Å². The van der Waals surface area contributed by atoms with Gasteiger partial charge in [0.1, 0.15) is 0 Å². The minimum atomic E-state index is -1.41. The summed E-state index contributed by atoms with van der Waals surface area (Å²) in [5.74, 6) is -6.15. The molecule has 2 aromatic rings. The third-order valence-electron chi connectivity index (χ3n) is 3.37. The number of aldehydes is 1. The zero-order chi connectivity index (χ0) is 18.0. The van der Waals surface area contributed by atoms with Gasteiger partial charge in [0.15, 0.2) is 29.6 Å². The van der Waals surface area contributed by atoms with E-state index >= 15 is 0 Å². The molecule has 0 aliphatic rings. The van der Waals surface area contributed by atoms with E-state index in [-0.39, 0.29) is 28.8 Å². The highest BCUT2D eigenvalue weighted by Crippen LogP contribution is 2.31. The SMILES string of the molecule is COC(=O)c1cc(F)c(F)c(C)c1Nc1ccc(F)c(F)c1C=O. The first-order chi connectivity index (χ1) is 11.3. The Hall–Kier alpha value is -2.90. The van der Waals surface area contributed by atoms with E-state index in [2.05, 4.69) is 10.1 Å². The quantitative estimate of drug-likeness (QED) is 0.521. The Morgan fingerprint density at radius 2 is 1.79 bits per heavy atom. The summed E-state index contributed by atoms with van der Waals surface area (Å²) >= 11 is 0. The number of ether oxygens (including phenoxy) is 1. The van der Waals surface area contributed by atoms with Gasteiger partial charge in [-0.2, -0.15) is 0 Å². The third-order valence-corrected chi connectivity index (χ3v) is 3.37. The molecule has 0 bridgehead atoms. The van der Waals surface area contributed by atoms with Crippen LogP contribution in [0.3, 0.4) is 0 Å². The van der Waals surface area contributed by atoms with Crippen molar-refractivity contribution in [2.75, 3.05) is 12.4 Å². The fourth-order valence-electron chi connectivity index (χ4n) is 2.11. The molecule has 2 rings (SSSR count). The molecule has 0 saturated heterocycles. The maximum Gasteiger partial charge on any atom is 0.340 e. The van der Waals surface area contributed by atoms with Crippen molar-refractivity contribution >= 4 is 23.6 Å². The van der Waals surface area contributed by atoms with Gasteiger partial charge in [0.2, 0.25) is 0 Å². The Bertz CT molecular complexity index is 837. The van der Waals surface area contributed by atoms with Crippen molar-refractivity contribution in [1.82, 2.24) is 0 Å². The highest BCUT2D eigenvalue weighted by atomic mass is 19.2. The van der Waals surface area contributed by atoms with Crippen LogP contribution in [0.15, 0.2) is 18.2 Å². The van der Waals surface area contributed by atoms with Crippen molar-refractivity contribution in [2.24, 2.45) is 0 Å². The van der Waals surface area contributed by atoms with E-state index in [1.165, 1.54) is 6.92 Å². The van der Waals surface area contributed by atoms with Crippen molar-refractivity contribution < 1.29 is 31.9 Å². The lowest BCUT2D eigenvalue weighted by molar-refractivity contribution is 0.0601. The van der Waals surface area contributed by atoms with Crippen LogP contribution in [0.4, 0.5) is 28.9 Å². The van der Waals surface area contributed by atoms with Crippen molar-refractivity contribution in [3.05, 3.63) is 58.2 Å². The molecule has 126 valence electrons. The van der Waals surface area contributed by atoms with Gasteiger partial charge < -0.3 is 10.1 Å². The first-order valence-corrected chi connectivity index (χ1v) is 6.58. The fourth-order valence-corrected chi connectivity index (χ4v) is 2.11. The molecular weight excluding hydrogens is 330 g/mol. The summed E-state index contributed by atoms with van der Waals surface area (Å²) < 4.78 is 58.7. The Morgan fingerprint density at radius 1 is 1.12 bits per heavy atom. The molecule has 2 aromatic carbocycles. The Kier molecular flexibility index (Phi) is 4.87. The van der Waals surface area contributed by atoms with Crippen LogP contribution in [-0.4, -0.2) is 19.4 Å². The van der Waals surface area contributed by atoms with Crippen LogP contribution in [0.2, 0.25) is 0 Å². The van der Waals surface area contributed by atoms with E-state index < -0.39 is 34.8 Å². The molecule has 0 aliphatic heterocycles. The molecule has 0 saturated carbocycles. The minimum absolute atomic E-state index is 0.0633. The van der Waals surface area contributed by atoms with Crippen LogP contribution in [0, 0.1) is 30.2 Å². The smallest absolute Gasteiger partial charge is 0.340 e. The van der Waals surface area contributed by atoms with Crippen LogP contribution in [0.5, 0.6) is 0 Å². The van der Waals surface area contributed by atoms with Crippen molar-refractivity contribution in [3.8, 4) is 0 Å². The maximum atomic E-state index is 13.8. The molecule has 24 heavy (non-hydrogen) atoms. The second-order valence-corrected chi connectivity index (χ2v) is 4.78. The number of carbonyl (C=O) groups is 2. The molecule has 0 fully saturated rings. The standard InChI is InChI=1S/C16H11F4NO3/c1-7-13(19)11(18)5-8(16(23)24-2)15(7)21-12-4-3-10(17)14(20)9(12)6-22/h3-6,21H,1-2H3. The molecule has 0 spiro atoms. The number of hydrogen-bond acceptors (Lipinski definition) is 4. The summed E-state index contributed by atoms with van der Waals surface area (Å²) in [6, 6.07) is 2.39. The van der Waals surface area contributed by atoms with Crippen molar-refractivity contribution in [3.63, 3.8) is 0 Å². The number of hydrogen-bond donors (Lipinski definition) is 1. The molecule has 4 nitrogen and oxygen atoms in total. The molecule has 8 heteroatoms. The van der Waals surface area contributed by atoms with Crippen molar-refractivity contribution in [1.29, 1.82) is 0 Å². The number of carbonyl (C=O) groups excluding carboxylic acids is 2. The van der Waals surface area contributed by atoms with E-state index in [4.69, 9.17) is 0 Å². The highest BCUT2D eigenvalue weighted by molar-refractivity contribution is 5.98. The van der Waals surface area contributed by atoms with Gasteiger partial charge in [0.25, 0.3) is 0 Å². The topological polar surface area (TPSA) is 55.4 Å². The molecule has 0 heterocycles. The first-order valence-electron chi connectivity index (χ1n) is 6.58. The van der Waals surface area contributed by atoms with Gasteiger partial charge in [-0.25, -0.2) is 22.4 Å². The fraction of sp³-hybridized carbons (Fsp3) is 0.125. The van der Waals surface area contributed by atoms with Gasteiger partial charge in [0, 0.05) is 5.56 Å². The second kappa shape index (κ2) is 6.69. The van der Waals surface area contributed by atoms with Crippen LogP contribution < -0.4 is 5.32 Å². The van der Waals surface area contributed by atoms with Crippen LogP contribution in [0.1, 0.15) is 26.3 Å².